The second kappa shape index (κ2) is 33.4. The minimum atomic E-state index is 0.792. The molecule has 1 aromatic heterocycles. The number of nitrogens with two attached hydrogens (primary N) is 1. The van der Waals surface area contributed by atoms with Gasteiger partial charge in [0.05, 0.1) is 16.7 Å². The van der Waals surface area contributed by atoms with Crippen LogP contribution in [-0.4, -0.2) is 4.57 Å². The first kappa shape index (κ1) is 50.5. The highest BCUT2D eigenvalue weighted by atomic mass is 33.5. The van der Waals surface area contributed by atoms with Crippen molar-refractivity contribution < 1.29 is 0 Å². The van der Waals surface area contributed by atoms with Crippen molar-refractivity contribution in [2.45, 2.75) is 0 Å². The van der Waals surface area contributed by atoms with Gasteiger partial charge < -0.3 is 10.3 Å². The quantitative estimate of drug-likeness (QED) is 0.222. The van der Waals surface area contributed by atoms with Gasteiger partial charge >= 0.3 is 0 Å². The molecule has 1 heterocycles. The fourth-order valence-electron chi connectivity index (χ4n) is 4.10. The Morgan fingerprint density at radius 3 is 0.982 bits per heavy atom. The molecule has 0 unspecified atom stereocenters. The predicted molar refractivity (Wildman–Crippen MR) is 324 cm³/mol. The molecule has 0 saturated carbocycles. The summed E-state index contributed by atoms with van der Waals surface area (Å²) in [6.07, 6.45) is 0. The summed E-state index contributed by atoms with van der Waals surface area (Å²) < 4.78 is 2.34. The van der Waals surface area contributed by atoms with Crippen LogP contribution >= 0.6 is 0 Å². The first-order valence-corrected chi connectivity index (χ1v) is 50.8. The molecule has 5 rings (SSSR count). The molecular weight excluding hydrogens is 1250 g/mol. The van der Waals surface area contributed by atoms with Crippen LogP contribution in [-0.2, 0) is 262 Å². The van der Waals surface area contributed by atoms with Gasteiger partial charge in [-0.1, -0.05) is 72.8 Å². The van der Waals surface area contributed by atoms with Gasteiger partial charge in [0.25, 0.3) is 0 Å². The van der Waals surface area contributed by atoms with Crippen LogP contribution in [0.1, 0.15) is 0 Å². The SMILES string of the molecule is Nc1ccccc1-c1ccccc1-n1c2ccccc2c2ccccc21.S=S=S=S=S=S=S=S=S=S=S=S=S=S=S=S=S=S=S=S=S=S=S=S=S=S=S=S=S. The average molecular weight is 1260 g/mol. The number of nitrogen functional groups attached to an aromatic ring is 1. The molecule has 31 heteroatoms. The molecule has 0 radical (unpaired) electrons. The molecule has 55 heavy (non-hydrogen) atoms. The maximum Gasteiger partial charge on any atom is 0.0541 e. The largest absolute Gasteiger partial charge is 0.398 e. The lowest BCUT2D eigenvalue weighted by atomic mass is 10.0. The highest BCUT2D eigenvalue weighted by Gasteiger charge is 2.15. The molecular formula is C24H18N2S29. The van der Waals surface area contributed by atoms with Crippen LogP contribution in [0.25, 0.3) is 38.6 Å². The smallest absolute Gasteiger partial charge is 0.0541 e. The van der Waals surface area contributed by atoms with E-state index in [1.165, 1.54) is 39.6 Å². The minimum absolute atomic E-state index is 0.792. The van der Waals surface area contributed by atoms with E-state index in [1.807, 2.05) is 116 Å². The Morgan fingerprint density at radius 2 is 0.618 bits per heavy atom. The molecule has 298 valence electrons. The van der Waals surface area contributed by atoms with E-state index >= 15 is 0 Å². The highest BCUT2D eigenvalue weighted by Crippen LogP contribution is 2.37. The summed E-state index contributed by atoms with van der Waals surface area (Å²) in [5.41, 5.74) is 12.8. The van der Waals surface area contributed by atoms with Crippen molar-refractivity contribution >= 4 is 290 Å². The third kappa shape index (κ3) is 19.8. The van der Waals surface area contributed by atoms with Gasteiger partial charge in [0.2, 0.25) is 0 Å². The summed E-state index contributed by atoms with van der Waals surface area (Å²) in [6, 6.07) is 33.6. The van der Waals surface area contributed by atoms with Crippen molar-refractivity contribution in [2.24, 2.45) is 0 Å². The van der Waals surface area contributed by atoms with E-state index < -0.39 is 0 Å². The number of rotatable bonds is 2. The van der Waals surface area contributed by atoms with Crippen molar-refractivity contribution in [1.82, 2.24) is 4.57 Å². The Hall–Kier alpha value is 2.86. The minimum Gasteiger partial charge on any atom is -0.398 e. The lowest BCUT2D eigenvalue weighted by molar-refractivity contribution is 1.18. The monoisotopic (exact) mass is 1260 g/mol. The Balaban J connectivity index is 0.000000245. The lowest BCUT2D eigenvalue weighted by Gasteiger charge is -2.15. The molecule has 0 aliphatic carbocycles. The Kier molecular flexibility index (Phi) is 30.7. The topological polar surface area (TPSA) is 30.9 Å². The number of fused-ring (bicyclic) bond motifs is 3. The van der Waals surface area contributed by atoms with Crippen LogP contribution < -0.4 is 5.73 Å². The summed E-state index contributed by atoms with van der Waals surface area (Å²) in [6.45, 7) is 0. The van der Waals surface area contributed by atoms with E-state index in [9.17, 15) is 0 Å². The van der Waals surface area contributed by atoms with Crippen LogP contribution in [0.5, 0.6) is 0 Å². The van der Waals surface area contributed by atoms with E-state index in [0.29, 0.717) is 0 Å². The van der Waals surface area contributed by atoms with Crippen molar-refractivity contribution in [3.8, 4) is 16.8 Å². The van der Waals surface area contributed by atoms with Gasteiger partial charge in [-0.05, 0) is 24.3 Å². The molecule has 0 aliphatic heterocycles. The van der Waals surface area contributed by atoms with Crippen LogP contribution in [0.15, 0.2) is 97.1 Å². The van der Waals surface area contributed by atoms with Gasteiger partial charge in [0.15, 0.2) is 0 Å². The zero-order chi connectivity index (χ0) is 38.6. The summed E-state index contributed by atoms with van der Waals surface area (Å²) in [5.74, 6) is 0. The molecule has 0 bridgehead atoms. The van der Waals surface area contributed by atoms with Crippen LogP contribution in [0.3, 0.4) is 0 Å². The molecule has 2 nitrogen and oxygen atoms in total. The first-order valence-electron chi connectivity index (χ1n) is 13.4. The Morgan fingerprint density at radius 1 is 0.327 bits per heavy atom. The van der Waals surface area contributed by atoms with Gasteiger partial charge in [-0.2, -0.15) is 0 Å². The third-order valence-electron chi connectivity index (χ3n) is 5.70. The van der Waals surface area contributed by atoms with Crippen LogP contribution in [0.4, 0.5) is 5.69 Å². The fraction of sp³-hybridized carbons (Fsp3) is 0. The number of hydrogen-bond donors (Lipinski definition) is 1. The molecule has 0 atom stereocenters. The summed E-state index contributed by atoms with van der Waals surface area (Å²) in [4.78, 5) is 0. The van der Waals surface area contributed by atoms with E-state index in [4.69, 9.17) is 28.1 Å². The number of benzene rings is 4. The van der Waals surface area contributed by atoms with Gasteiger partial charge in [-0.25, -0.2) is 0 Å². The zero-order valence-electron chi connectivity index (χ0n) is 26.1. The van der Waals surface area contributed by atoms with E-state index in [0.717, 1.165) is 22.5 Å². The summed E-state index contributed by atoms with van der Waals surface area (Å²) >= 11 is 9.57. The van der Waals surface area contributed by atoms with Crippen LogP contribution in [0, 0.1) is 0 Å². The molecule has 0 spiro atoms. The number of hydrogen-bond acceptors (Lipinski definition) is 3. The van der Waals surface area contributed by atoms with Gasteiger partial charge in [-0.15, -0.1) is 0 Å². The van der Waals surface area contributed by atoms with Gasteiger partial charge in [0, 0.05) is 290 Å². The second-order valence-electron chi connectivity index (χ2n) is 8.31. The average Bonchev–Trinajstić information content (AvgIpc) is 3.55. The van der Waals surface area contributed by atoms with Crippen molar-refractivity contribution in [2.75, 3.05) is 5.73 Å². The number of nitrogens with zero attached hydrogens (tertiary/aromatic N) is 1. The number of anilines is 1. The summed E-state index contributed by atoms with van der Waals surface area (Å²) in [5, 5.41) is 2.53. The molecule has 4 aromatic carbocycles. The molecule has 5 aromatic rings. The van der Waals surface area contributed by atoms with Crippen molar-refractivity contribution in [1.29, 1.82) is 0 Å². The van der Waals surface area contributed by atoms with E-state index in [-0.39, 0.29) is 0 Å². The molecule has 0 fully saturated rings. The number of para-hydroxylation sites is 4. The third-order valence-corrected chi connectivity index (χ3v) is 63.5. The van der Waals surface area contributed by atoms with Gasteiger partial charge in [0.1, 0.15) is 0 Å². The Bertz CT molecular complexity index is 3290. The zero-order valence-corrected chi connectivity index (χ0v) is 49.8. The van der Waals surface area contributed by atoms with Crippen molar-refractivity contribution in [3.63, 3.8) is 0 Å². The number of aromatic nitrogens is 1. The Labute approximate surface area is 405 Å². The lowest BCUT2D eigenvalue weighted by Crippen LogP contribution is -1.98. The molecule has 0 saturated heterocycles. The second-order valence-corrected chi connectivity index (χ2v) is 56.1. The van der Waals surface area contributed by atoms with Crippen molar-refractivity contribution in [3.05, 3.63) is 97.1 Å². The fourth-order valence-corrected chi connectivity index (χ4v) is 72.7. The normalized spacial score (nSPS) is 9.31. The molecule has 0 amide bonds. The maximum atomic E-state index is 6.29. The molecule has 2 N–H and O–H groups in total. The summed E-state index contributed by atoms with van der Waals surface area (Å²) in [7, 11) is 47.3. The standard InChI is InChI=1S/C24H18N2.S29/c25-21-13-5-1-9-17(21)18-10-2-6-14-22(18)26-23-15-7-3-11-19(23)20-12-4-8-16-24(20)26;1-3-5-7-9-11-13-15-17-19-21-23-25-27-29-28-26-24-22-20-18-16-14-12-10-8-6-4-2/h1-16H,25H2;. The molecule has 0 aliphatic rings. The maximum absolute atomic E-state index is 6.29. The van der Waals surface area contributed by atoms with E-state index in [1.54, 1.807) is 124 Å². The first-order chi connectivity index (χ1) is 27.3. The van der Waals surface area contributed by atoms with E-state index in [2.05, 4.69) is 83.4 Å². The van der Waals surface area contributed by atoms with Crippen LogP contribution in [0.2, 0.25) is 0 Å². The predicted octanol–water partition coefficient (Wildman–Crippen LogP) is 5.96. The van der Waals surface area contributed by atoms with Gasteiger partial charge in [-0.3, -0.25) is 0 Å². The highest BCUT2D eigenvalue weighted by molar-refractivity contribution is 8.79.